The first-order valence-electron chi connectivity index (χ1n) is 9.24. The van der Waals surface area contributed by atoms with Gasteiger partial charge in [0, 0.05) is 5.92 Å². The number of aromatic hydroxyl groups is 1. The Morgan fingerprint density at radius 2 is 2.03 bits per heavy atom. The molecule has 1 N–H and O–H groups in total. The predicted octanol–water partition coefficient (Wildman–Crippen LogP) is 4.98. The minimum Gasteiger partial charge on any atom is -0.508 e. The van der Waals surface area contributed by atoms with Gasteiger partial charge in [-0.3, -0.25) is 9.59 Å². The Kier molecular flexibility index (Phi) is 4.58. The van der Waals surface area contributed by atoms with E-state index < -0.39 is 23.1 Å². The molecular formula is C23H19ClFNO3. The molecule has 1 aliphatic carbocycles. The van der Waals surface area contributed by atoms with Crippen LogP contribution in [0.1, 0.15) is 24.8 Å². The van der Waals surface area contributed by atoms with E-state index in [0.29, 0.717) is 6.42 Å². The first kappa shape index (κ1) is 19.4. The van der Waals surface area contributed by atoms with Crippen molar-refractivity contribution < 1.29 is 19.1 Å². The number of phenolic OH excluding ortho intramolecular Hbond substituents is 1. The summed E-state index contributed by atoms with van der Waals surface area (Å²) in [7, 11) is 0. The molecule has 4 rings (SSSR count). The van der Waals surface area contributed by atoms with Crippen LogP contribution in [0, 0.1) is 17.2 Å². The summed E-state index contributed by atoms with van der Waals surface area (Å²) < 4.78 is 13.6. The third kappa shape index (κ3) is 2.80. The van der Waals surface area contributed by atoms with Crippen LogP contribution in [0.2, 0.25) is 5.02 Å². The van der Waals surface area contributed by atoms with Crippen molar-refractivity contribution in [1.29, 1.82) is 0 Å². The van der Waals surface area contributed by atoms with Gasteiger partial charge < -0.3 is 5.11 Å². The van der Waals surface area contributed by atoms with Crippen LogP contribution in [0.4, 0.5) is 10.1 Å². The Balaban J connectivity index is 1.87. The van der Waals surface area contributed by atoms with Crippen LogP contribution in [0.3, 0.4) is 0 Å². The van der Waals surface area contributed by atoms with Crippen LogP contribution in [-0.4, -0.2) is 16.9 Å². The summed E-state index contributed by atoms with van der Waals surface area (Å²) >= 11 is 5.89. The second kappa shape index (κ2) is 6.85. The van der Waals surface area contributed by atoms with E-state index in [0.717, 1.165) is 22.1 Å². The molecule has 2 aliphatic rings. The molecule has 0 spiro atoms. The highest BCUT2D eigenvalue weighted by molar-refractivity contribution is 6.31. The first-order chi connectivity index (χ1) is 13.8. The number of halogens is 2. The number of rotatable bonds is 3. The lowest BCUT2D eigenvalue weighted by Gasteiger charge is -2.40. The Morgan fingerprint density at radius 1 is 1.28 bits per heavy atom. The number of benzene rings is 2. The number of hydrogen-bond acceptors (Lipinski definition) is 3. The monoisotopic (exact) mass is 411 g/mol. The molecule has 4 nitrogen and oxygen atoms in total. The second-order valence-corrected chi connectivity index (χ2v) is 7.99. The zero-order chi connectivity index (χ0) is 20.9. The molecule has 1 fully saturated rings. The van der Waals surface area contributed by atoms with Crippen molar-refractivity contribution in [2.45, 2.75) is 19.3 Å². The van der Waals surface area contributed by atoms with E-state index in [4.69, 9.17) is 11.6 Å². The molecule has 1 saturated heterocycles. The van der Waals surface area contributed by atoms with Gasteiger partial charge in [0.25, 0.3) is 0 Å². The van der Waals surface area contributed by atoms with Crippen molar-refractivity contribution in [3.05, 3.63) is 83.2 Å². The van der Waals surface area contributed by atoms with Crippen molar-refractivity contribution >= 4 is 29.1 Å². The highest BCUT2D eigenvalue weighted by Crippen LogP contribution is 2.56. The fourth-order valence-corrected chi connectivity index (χ4v) is 4.78. The summed E-state index contributed by atoms with van der Waals surface area (Å²) in [5.74, 6) is -2.30. The summed E-state index contributed by atoms with van der Waals surface area (Å²) in [6.45, 7) is 5.64. The van der Waals surface area contributed by atoms with Crippen molar-refractivity contribution in [2.75, 3.05) is 4.90 Å². The van der Waals surface area contributed by atoms with E-state index >= 15 is 0 Å². The minimum absolute atomic E-state index is 0.0792. The number of allylic oxidation sites excluding steroid dienone is 3. The summed E-state index contributed by atoms with van der Waals surface area (Å²) in [5, 5.41) is 9.82. The summed E-state index contributed by atoms with van der Waals surface area (Å²) in [4.78, 5) is 28.0. The normalized spacial score (nSPS) is 26.3. The summed E-state index contributed by atoms with van der Waals surface area (Å²) in [5.41, 5.74) is 0.721. The van der Waals surface area contributed by atoms with Gasteiger partial charge in [0.1, 0.15) is 11.6 Å². The SMILES string of the molecule is C=CC1=CC[C@H]2C(=O)N(c3ccc(F)c(Cl)c3)C(=O)[C@@]2(C)[C@H]1c1cccc(O)c1. The molecule has 29 heavy (non-hydrogen) atoms. The van der Waals surface area contributed by atoms with Crippen LogP contribution in [-0.2, 0) is 9.59 Å². The van der Waals surface area contributed by atoms with Crippen molar-refractivity contribution in [3.63, 3.8) is 0 Å². The number of imide groups is 1. The van der Waals surface area contributed by atoms with Crippen LogP contribution in [0.25, 0.3) is 0 Å². The van der Waals surface area contributed by atoms with Gasteiger partial charge in [-0.05, 0) is 54.8 Å². The molecule has 2 aromatic rings. The molecule has 2 amide bonds. The molecule has 148 valence electrons. The standard InChI is InChI=1S/C23H19ClFNO3/c1-3-13-7-9-17-21(28)26(15-8-10-19(25)18(24)12-15)22(29)23(17,2)20(13)14-5-4-6-16(27)11-14/h3-8,10-12,17,20,27H,1,9H2,2H3/t17-,20+,23+/m0/s1. The highest BCUT2D eigenvalue weighted by Gasteiger charge is 2.62. The Morgan fingerprint density at radius 3 is 2.69 bits per heavy atom. The van der Waals surface area contributed by atoms with Crippen LogP contribution >= 0.6 is 11.6 Å². The zero-order valence-electron chi connectivity index (χ0n) is 15.7. The maximum absolute atomic E-state index is 13.6. The van der Waals surface area contributed by atoms with Gasteiger partial charge in [-0.25, -0.2) is 9.29 Å². The molecule has 1 heterocycles. The second-order valence-electron chi connectivity index (χ2n) is 7.58. The molecular weight excluding hydrogens is 393 g/mol. The fraction of sp³-hybridized carbons (Fsp3) is 0.217. The number of phenols is 1. The van der Waals surface area contributed by atoms with Gasteiger partial charge in [-0.15, -0.1) is 0 Å². The number of carbonyl (C=O) groups excluding carboxylic acids is 2. The first-order valence-corrected chi connectivity index (χ1v) is 9.61. The average molecular weight is 412 g/mol. The van der Waals surface area contributed by atoms with E-state index in [2.05, 4.69) is 6.58 Å². The van der Waals surface area contributed by atoms with Crippen molar-refractivity contribution in [1.82, 2.24) is 0 Å². The molecule has 0 unspecified atom stereocenters. The maximum Gasteiger partial charge on any atom is 0.241 e. The molecule has 6 heteroatoms. The minimum atomic E-state index is -1.08. The smallest absolute Gasteiger partial charge is 0.241 e. The number of nitrogens with zero attached hydrogens (tertiary/aromatic N) is 1. The van der Waals surface area contributed by atoms with E-state index in [-0.39, 0.29) is 28.3 Å². The quantitative estimate of drug-likeness (QED) is 0.724. The van der Waals surface area contributed by atoms with Gasteiger partial charge in [0.15, 0.2) is 0 Å². The molecule has 0 saturated carbocycles. The predicted molar refractivity (Wildman–Crippen MR) is 109 cm³/mol. The van der Waals surface area contributed by atoms with E-state index in [9.17, 15) is 19.1 Å². The fourth-order valence-electron chi connectivity index (χ4n) is 4.60. The number of carbonyl (C=O) groups is 2. The van der Waals surface area contributed by atoms with Gasteiger partial charge in [0.05, 0.1) is 22.0 Å². The lowest BCUT2D eigenvalue weighted by atomic mass is 9.60. The summed E-state index contributed by atoms with van der Waals surface area (Å²) in [6.07, 6.45) is 4.00. The topological polar surface area (TPSA) is 57.6 Å². The Labute approximate surface area is 172 Å². The number of fused-ring (bicyclic) bond motifs is 1. The Bertz CT molecular complexity index is 1080. The molecule has 0 bridgehead atoms. The number of hydrogen-bond donors (Lipinski definition) is 1. The average Bonchev–Trinajstić information content (AvgIpc) is 2.89. The third-order valence-electron chi connectivity index (χ3n) is 6.03. The van der Waals surface area contributed by atoms with Crippen molar-refractivity contribution in [2.24, 2.45) is 11.3 Å². The molecule has 1 aliphatic heterocycles. The molecule has 2 aromatic carbocycles. The number of anilines is 1. The third-order valence-corrected chi connectivity index (χ3v) is 6.32. The van der Waals surface area contributed by atoms with Crippen LogP contribution in [0.5, 0.6) is 5.75 Å². The summed E-state index contributed by atoms with van der Waals surface area (Å²) in [6, 6.07) is 10.5. The van der Waals surface area contributed by atoms with E-state index in [1.807, 2.05) is 12.1 Å². The van der Waals surface area contributed by atoms with Gasteiger partial charge in [-0.2, -0.15) is 0 Å². The van der Waals surface area contributed by atoms with Crippen LogP contribution < -0.4 is 4.90 Å². The number of amides is 2. The Hall–Kier alpha value is -2.92. The van der Waals surface area contributed by atoms with E-state index in [1.54, 1.807) is 31.2 Å². The van der Waals surface area contributed by atoms with Gasteiger partial charge in [0.2, 0.25) is 11.8 Å². The van der Waals surface area contributed by atoms with Crippen LogP contribution in [0.15, 0.2) is 66.8 Å². The maximum atomic E-state index is 13.6. The lowest BCUT2D eigenvalue weighted by Crippen LogP contribution is -2.41. The van der Waals surface area contributed by atoms with Gasteiger partial charge in [-0.1, -0.05) is 42.5 Å². The molecule has 3 atom stereocenters. The largest absolute Gasteiger partial charge is 0.508 e. The van der Waals surface area contributed by atoms with Gasteiger partial charge >= 0.3 is 0 Å². The lowest BCUT2D eigenvalue weighted by molar-refractivity contribution is -0.127. The van der Waals surface area contributed by atoms with E-state index in [1.165, 1.54) is 12.1 Å². The van der Waals surface area contributed by atoms with Crippen molar-refractivity contribution in [3.8, 4) is 5.75 Å². The highest BCUT2D eigenvalue weighted by atomic mass is 35.5. The molecule has 0 aromatic heterocycles. The zero-order valence-corrected chi connectivity index (χ0v) is 16.5. The molecule has 0 radical (unpaired) electrons.